The largest absolute Gasteiger partial charge is 0.352 e. The lowest BCUT2D eigenvalue weighted by Crippen LogP contribution is -2.49. The van der Waals surface area contributed by atoms with Crippen molar-refractivity contribution in [3.63, 3.8) is 0 Å². The lowest BCUT2D eigenvalue weighted by atomic mass is 9.87. The number of fused-ring (bicyclic) bond motifs is 1. The Morgan fingerprint density at radius 1 is 0.927 bits per heavy atom. The SMILES string of the molecule is Cc1nn(-c2ccc(F)cc2)c2nc(CC3CCCCC3)nc(N3CCN(C(=O)[C@@H]4C[C@H]4c4ccccc4)CC3)c12. The zero-order valence-corrected chi connectivity index (χ0v) is 23.7. The lowest BCUT2D eigenvalue weighted by Gasteiger charge is -2.36. The molecule has 2 atom stereocenters. The van der Waals surface area contributed by atoms with Crippen LogP contribution < -0.4 is 4.90 Å². The van der Waals surface area contributed by atoms with Gasteiger partial charge in [0.05, 0.1) is 16.8 Å². The Balaban J connectivity index is 1.15. The topological polar surface area (TPSA) is 67.2 Å². The monoisotopic (exact) mass is 552 g/mol. The van der Waals surface area contributed by atoms with Gasteiger partial charge in [-0.1, -0.05) is 62.4 Å². The second kappa shape index (κ2) is 10.9. The number of hydrogen-bond donors (Lipinski definition) is 0. The maximum atomic E-state index is 13.7. The average Bonchev–Trinajstić information content (AvgIpc) is 3.75. The number of anilines is 1. The first-order valence-corrected chi connectivity index (χ1v) is 15.2. The van der Waals surface area contributed by atoms with Crippen LogP contribution in [0.15, 0.2) is 54.6 Å². The van der Waals surface area contributed by atoms with Crippen LogP contribution >= 0.6 is 0 Å². The highest BCUT2D eigenvalue weighted by molar-refractivity contribution is 5.91. The Labute approximate surface area is 240 Å². The molecule has 1 aliphatic heterocycles. The molecule has 0 bridgehead atoms. The Bertz CT molecular complexity index is 1540. The van der Waals surface area contributed by atoms with Gasteiger partial charge in [-0.15, -0.1) is 0 Å². The molecule has 3 fully saturated rings. The van der Waals surface area contributed by atoms with Gasteiger partial charge >= 0.3 is 0 Å². The molecule has 2 saturated carbocycles. The normalized spacial score (nSPS) is 21.4. The number of piperazine rings is 1. The van der Waals surface area contributed by atoms with Crippen molar-refractivity contribution in [1.29, 1.82) is 0 Å². The first kappa shape index (κ1) is 26.1. The van der Waals surface area contributed by atoms with Crippen LogP contribution in [-0.4, -0.2) is 56.7 Å². The van der Waals surface area contributed by atoms with Crippen LogP contribution in [0.25, 0.3) is 16.7 Å². The average molecular weight is 553 g/mol. The van der Waals surface area contributed by atoms with E-state index in [2.05, 4.69) is 29.2 Å². The highest BCUT2D eigenvalue weighted by atomic mass is 19.1. The molecule has 212 valence electrons. The van der Waals surface area contributed by atoms with Crippen molar-refractivity contribution in [2.75, 3.05) is 31.1 Å². The van der Waals surface area contributed by atoms with Gasteiger partial charge in [0.1, 0.15) is 17.5 Å². The molecule has 0 N–H and O–H groups in total. The number of carbonyl (C=O) groups excluding carboxylic acids is 1. The molecule has 7 rings (SSSR count). The quantitative estimate of drug-likeness (QED) is 0.301. The molecule has 3 heterocycles. The van der Waals surface area contributed by atoms with Gasteiger partial charge in [-0.2, -0.15) is 5.10 Å². The van der Waals surface area contributed by atoms with E-state index in [1.807, 2.05) is 22.6 Å². The van der Waals surface area contributed by atoms with E-state index >= 15 is 0 Å². The fourth-order valence-electron chi connectivity index (χ4n) is 6.85. The van der Waals surface area contributed by atoms with Crippen LogP contribution in [0, 0.1) is 24.6 Å². The molecule has 3 aliphatic rings. The number of rotatable bonds is 6. The molecule has 2 aliphatic carbocycles. The highest BCUT2D eigenvalue weighted by Crippen LogP contribution is 2.48. The third-order valence-corrected chi connectivity index (χ3v) is 9.22. The Hall–Kier alpha value is -3.81. The molecule has 2 aromatic carbocycles. The van der Waals surface area contributed by atoms with Crippen molar-refractivity contribution in [3.8, 4) is 5.69 Å². The molecule has 0 spiro atoms. The third-order valence-electron chi connectivity index (χ3n) is 9.22. The predicted molar refractivity (Wildman–Crippen MR) is 158 cm³/mol. The van der Waals surface area contributed by atoms with Crippen LogP contribution in [0.3, 0.4) is 0 Å². The number of nitrogens with zero attached hydrogens (tertiary/aromatic N) is 6. The van der Waals surface area contributed by atoms with Gasteiger partial charge in [-0.25, -0.2) is 19.0 Å². The fourth-order valence-corrected chi connectivity index (χ4v) is 6.85. The first-order valence-electron chi connectivity index (χ1n) is 15.2. The van der Waals surface area contributed by atoms with E-state index in [1.54, 1.807) is 12.1 Å². The maximum Gasteiger partial charge on any atom is 0.226 e. The highest BCUT2D eigenvalue weighted by Gasteiger charge is 2.46. The third kappa shape index (κ3) is 5.20. The van der Waals surface area contributed by atoms with Gasteiger partial charge in [-0.05, 0) is 55.0 Å². The van der Waals surface area contributed by atoms with E-state index in [0.717, 1.165) is 60.0 Å². The van der Waals surface area contributed by atoms with E-state index in [0.29, 0.717) is 24.9 Å². The molecular weight excluding hydrogens is 515 g/mol. The summed E-state index contributed by atoms with van der Waals surface area (Å²) >= 11 is 0. The lowest BCUT2D eigenvalue weighted by molar-refractivity contribution is -0.133. The summed E-state index contributed by atoms with van der Waals surface area (Å²) in [5, 5.41) is 5.78. The molecule has 41 heavy (non-hydrogen) atoms. The summed E-state index contributed by atoms with van der Waals surface area (Å²) in [5.74, 6) is 2.83. The number of benzene rings is 2. The fraction of sp³-hybridized carbons (Fsp3) is 0.455. The molecule has 0 radical (unpaired) electrons. The van der Waals surface area contributed by atoms with E-state index in [-0.39, 0.29) is 17.6 Å². The molecule has 4 aromatic rings. The van der Waals surface area contributed by atoms with Gasteiger partial charge in [0.2, 0.25) is 5.91 Å². The van der Waals surface area contributed by atoms with E-state index in [9.17, 15) is 9.18 Å². The zero-order chi connectivity index (χ0) is 27.9. The standard InChI is InChI=1S/C33H37FN6O/c1-22-30-31(38-16-18-39(19-17-38)33(41)28-21-27(28)24-10-6-3-7-11-24)35-29(20-23-8-4-2-5-9-23)36-32(30)40(37-22)26-14-12-25(34)13-15-26/h3,6-7,10-15,23,27-28H,2,4-5,8-9,16-21H2,1H3/t27-,28+/m0/s1. The van der Waals surface area contributed by atoms with Gasteiger partial charge in [0, 0.05) is 38.5 Å². The van der Waals surface area contributed by atoms with Crippen molar-refractivity contribution in [1.82, 2.24) is 24.6 Å². The minimum atomic E-state index is -0.274. The second-order valence-electron chi connectivity index (χ2n) is 12.0. The molecule has 2 aromatic heterocycles. The molecule has 1 saturated heterocycles. The van der Waals surface area contributed by atoms with Crippen molar-refractivity contribution >= 4 is 22.8 Å². The minimum Gasteiger partial charge on any atom is -0.352 e. The van der Waals surface area contributed by atoms with Crippen molar-refractivity contribution in [2.45, 2.75) is 57.8 Å². The predicted octanol–water partition coefficient (Wildman–Crippen LogP) is 5.84. The Morgan fingerprint density at radius 2 is 1.66 bits per heavy atom. The molecule has 8 heteroatoms. The van der Waals surface area contributed by atoms with Crippen molar-refractivity contribution in [3.05, 3.63) is 77.5 Å². The maximum absolute atomic E-state index is 13.7. The summed E-state index contributed by atoms with van der Waals surface area (Å²) in [7, 11) is 0. The summed E-state index contributed by atoms with van der Waals surface area (Å²) in [6.07, 6.45) is 8.11. The molecule has 0 unspecified atom stereocenters. The van der Waals surface area contributed by atoms with Crippen molar-refractivity contribution in [2.24, 2.45) is 11.8 Å². The number of amides is 1. The number of carbonyl (C=O) groups is 1. The Kier molecular flexibility index (Phi) is 6.93. The number of hydrogen-bond acceptors (Lipinski definition) is 5. The van der Waals surface area contributed by atoms with Crippen LogP contribution in [0.4, 0.5) is 10.2 Å². The molecular formula is C33H37FN6O. The summed E-state index contributed by atoms with van der Waals surface area (Å²) in [6, 6.07) is 16.8. The first-order chi connectivity index (χ1) is 20.0. The van der Waals surface area contributed by atoms with Gasteiger partial charge in [-0.3, -0.25) is 4.79 Å². The zero-order valence-electron chi connectivity index (χ0n) is 23.7. The van der Waals surface area contributed by atoms with Gasteiger partial charge in [0.25, 0.3) is 0 Å². The summed E-state index contributed by atoms with van der Waals surface area (Å²) < 4.78 is 15.5. The number of aromatic nitrogens is 4. The van der Waals surface area contributed by atoms with Crippen LogP contribution in [0.1, 0.15) is 61.5 Å². The Morgan fingerprint density at radius 3 is 2.39 bits per heavy atom. The van der Waals surface area contributed by atoms with Gasteiger partial charge in [0.15, 0.2) is 5.65 Å². The molecule has 7 nitrogen and oxygen atoms in total. The molecule has 1 amide bonds. The smallest absolute Gasteiger partial charge is 0.226 e. The summed E-state index contributed by atoms with van der Waals surface area (Å²) in [6.45, 7) is 4.82. The minimum absolute atomic E-state index is 0.105. The second-order valence-corrected chi connectivity index (χ2v) is 12.0. The van der Waals surface area contributed by atoms with E-state index < -0.39 is 0 Å². The van der Waals surface area contributed by atoms with Crippen LogP contribution in [0.5, 0.6) is 0 Å². The summed E-state index contributed by atoms with van der Waals surface area (Å²) in [4.78, 5) is 27.9. The van der Waals surface area contributed by atoms with Gasteiger partial charge < -0.3 is 9.80 Å². The number of aryl methyl sites for hydroxylation is 1. The van der Waals surface area contributed by atoms with Crippen LogP contribution in [-0.2, 0) is 11.2 Å². The van der Waals surface area contributed by atoms with E-state index in [4.69, 9.17) is 15.1 Å². The number of halogens is 1. The van der Waals surface area contributed by atoms with Crippen LogP contribution in [0.2, 0.25) is 0 Å². The summed E-state index contributed by atoms with van der Waals surface area (Å²) in [5.41, 5.74) is 3.68. The van der Waals surface area contributed by atoms with Crippen molar-refractivity contribution < 1.29 is 9.18 Å². The van der Waals surface area contributed by atoms with E-state index in [1.165, 1.54) is 49.8 Å².